The van der Waals surface area contributed by atoms with E-state index in [1.165, 1.54) is 17.4 Å². The minimum absolute atomic E-state index is 0.114. The van der Waals surface area contributed by atoms with Crippen molar-refractivity contribution in [1.82, 2.24) is 15.3 Å². The van der Waals surface area contributed by atoms with Gasteiger partial charge >= 0.3 is 0 Å². The summed E-state index contributed by atoms with van der Waals surface area (Å²) in [6, 6.07) is 3.61. The topological polar surface area (TPSA) is 48.5 Å². The number of anilines is 1. The highest BCUT2D eigenvalue weighted by Gasteiger charge is 2.59. The fourth-order valence-electron chi connectivity index (χ4n) is 4.05. The molecule has 0 radical (unpaired) electrons. The summed E-state index contributed by atoms with van der Waals surface area (Å²) in [6.07, 6.45) is 8.00. The first-order valence-corrected chi connectivity index (χ1v) is 11.7. The zero-order chi connectivity index (χ0) is 23.6. The van der Waals surface area contributed by atoms with Crippen LogP contribution in [0.3, 0.4) is 0 Å². The number of rotatable bonds is 8. The van der Waals surface area contributed by atoms with Gasteiger partial charge in [-0.25, -0.2) is 13.8 Å². The van der Waals surface area contributed by atoms with Gasteiger partial charge in [0.1, 0.15) is 4.88 Å². The Bertz CT molecular complexity index is 1120. The molecule has 2 saturated heterocycles. The fraction of sp³-hybridized carbons (Fsp3) is 0.333. The van der Waals surface area contributed by atoms with Crippen LogP contribution in [0.25, 0.3) is 0 Å². The molecule has 2 aliphatic rings. The molecular weight excluding hydrogens is 444 g/mol. The summed E-state index contributed by atoms with van der Waals surface area (Å²) < 4.78 is 27.3. The minimum Gasteiger partial charge on any atom is -0.347 e. The lowest BCUT2D eigenvalue weighted by atomic mass is 10.2. The van der Waals surface area contributed by atoms with Gasteiger partial charge in [0.2, 0.25) is 5.13 Å². The monoisotopic (exact) mass is 472 g/mol. The van der Waals surface area contributed by atoms with Gasteiger partial charge in [0.25, 0.3) is 5.91 Å². The first-order valence-electron chi connectivity index (χ1n) is 10.9. The van der Waals surface area contributed by atoms with E-state index in [0.29, 0.717) is 16.1 Å². The zero-order valence-electron chi connectivity index (χ0n) is 18.9. The SMILES string of the molecule is C=C/C(=C\C=C/C)CN1CCN(c2nc(C)c(C(=O)NCc3ccc(F)c(F)c3)s2)[N+]12CC2. The van der Waals surface area contributed by atoms with Crippen molar-refractivity contribution in [2.24, 2.45) is 0 Å². The number of carbonyl (C=O) groups excluding carboxylic acids is 1. The normalized spacial score (nSPS) is 17.8. The molecule has 1 N–H and O–H groups in total. The summed E-state index contributed by atoms with van der Waals surface area (Å²) >= 11 is 1.37. The third-order valence-corrected chi connectivity index (χ3v) is 7.12. The number of nitrogens with zero attached hydrogens (tertiary/aromatic N) is 4. The lowest BCUT2D eigenvalue weighted by Gasteiger charge is -2.29. The summed E-state index contributed by atoms with van der Waals surface area (Å²) in [7, 11) is 0. The van der Waals surface area contributed by atoms with E-state index in [0.717, 1.165) is 60.3 Å². The molecule has 2 fully saturated rings. The number of carbonyl (C=O) groups is 1. The lowest BCUT2D eigenvalue weighted by molar-refractivity contribution is -0.916. The molecule has 0 aliphatic carbocycles. The highest BCUT2D eigenvalue weighted by molar-refractivity contribution is 7.17. The summed E-state index contributed by atoms with van der Waals surface area (Å²) in [4.78, 5) is 18.0. The van der Waals surface area contributed by atoms with E-state index >= 15 is 0 Å². The van der Waals surface area contributed by atoms with E-state index in [1.54, 1.807) is 0 Å². The maximum absolute atomic E-state index is 13.4. The molecule has 4 rings (SSSR count). The molecule has 0 bridgehead atoms. The van der Waals surface area contributed by atoms with Gasteiger partial charge < -0.3 is 5.32 Å². The van der Waals surface area contributed by atoms with Crippen LogP contribution in [0.2, 0.25) is 0 Å². The number of aryl methyl sites for hydroxylation is 1. The number of hydrogen-bond acceptors (Lipinski definition) is 5. The molecule has 33 heavy (non-hydrogen) atoms. The second-order valence-electron chi connectivity index (χ2n) is 8.15. The number of amides is 1. The van der Waals surface area contributed by atoms with Gasteiger partial charge in [-0.3, -0.25) is 4.79 Å². The Balaban J connectivity index is 1.45. The number of hydrogen-bond donors (Lipinski definition) is 1. The van der Waals surface area contributed by atoms with Gasteiger partial charge in [0, 0.05) is 6.54 Å². The second-order valence-corrected chi connectivity index (χ2v) is 9.13. The van der Waals surface area contributed by atoms with Gasteiger partial charge in [0.05, 0.1) is 25.3 Å². The molecule has 1 aromatic carbocycles. The Morgan fingerprint density at radius 2 is 2.09 bits per heavy atom. The number of benzene rings is 1. The Kier molecular flexibility index (Phi) is 6.73. The standard InChI is InChI=1S/C24H27F2N5OS/c1-4-6-7-18(5-2)16-29-10-11-30(31(29)12-13-31)24-28-17(3)22(33-24)23(32)27-15-19-8-9-20(25)21(26)14-19/h4-9,14H,2,10-13,15-16H2,1,3H3/p+1/b6-4-,18-7+. The molecule has 1 aromatic heterocycles. The molecule has 3 heterocycles. The van der Waals surface area contributed by atoms with Gasteiger partial charge in [0.15, 0.2) is 24.7 Å². The maximum atomic E-state index is 13.4. The van der Waals surface area contributed by atoms with Crippen molar-refractivity contribution >= 4 is 22.4 Å². The van der Waals surface area contributed by atoms with Crippen LogP contribution in [0.1, 0.15) is 27.9 Å². The van der Waals surface area contributed by atoms with E-state index in [2.05, 4.69) is 28.0 Å². The zero-order valence-corrected chi connectivity index (χ0v) is 19.7. The van der Waals surface area contributed by atoms with Crippen molar-refractivity contribution in [2.75, 3.05) is 37.7 Å². The quantitative estimate of drug-likeness (QED) is 0.357. The summed E-state index contributed by atoms with van der Waals surface area (Å²) in [5, 5.41) is 8.29. The first kappa shape index (κ1) is 23.3. The van der Waals surface area contributed by atoms with E-state index in [1.807, 2.05) is 32.1 Å². The molecule has 174 valence electrons. The predicted molar refractivity (Wildman–Crippen MR) is 126 cm³/mol. The average Bonchev–Trinajstić information content (AvgIpc) is 3.39. The van der Waals surface area contributed by atoms with Crippen LogP contribution in [0.15, 0.2) is 54.7 Å². The van der Waals surface area contributed by atoms with Crippen LogP contribution in [-0.4, -0.2) is 53.3 Å². The van der Waals surface area contributed by atoms with Gasteiger partial charge in [-0.15, -0.1) is 9.71 Å². The average molecular weight is 473 g/mol. The third kappa shape index (κ3) is 4.75. The van der Waals surface area contributed by atoms with Gasteiger partial charge in [-0.2, -0.15) is 5.01 Å². The van der Waals surface area contributed by atoms with Crippen LogP contribution in [0.5, 0.6) is 0 Å². The number of aromatic nitrogens is 1. The summed E-state index contributed by atoms with van der Waals surface area (Å²) in [5.41, 5.74) is 2.32. The molecule has 0 saturated carbocycles. The van der Waals surface area contributed by atoms with Crippen LogP contribution in [0.4, 0.5) is 13.9 Å². The van der Waals surface area contributed by atoms with E-state index in [4.69, 9.17) is 4.98 Å². The fourth-order valence-corrected chi connectivity index (χ4v) is 5.12. The molecule has 1 amide bonds. The third-order valence-electron chi connectivity index (χ3n) is 5.95. The highest BCUT2D eigenvalue weighted by Crippen LogP contribution is 2.40. The minimum atomic E-state index is -0.927. The van der Waals surface area contributed by atoms with Crippen molar-refractivity contribution in [3.8, 4) is 0 Å². The van der Waals surface area contributed by atoms with Gasteiger partial charge in [-0.05, 0) is 37.1 Å². The Morgan fingerprint density at radius 3 is 2.76 bits per heavy atom. The smallest absolute Gasteiger partial charge is 0.263 e. The number of thiazole rings is 1. The molecule has 2 aromatic rings. The van der Waals surface area contributed by atoms with Crippen molar-refractivity contribution < 1.29 is 18.3 Å². The number of halogens is 2. The Hall–Kier alpha value is -2.88. The van der Waals surface area contributed by atoms with E-state index in [-0.39, 0.29) is 12.5 Å². The van der Waals surface area contributed by atoms with Crippen LogP contribution >= 0.6 is 11.3 Å². The van der Waals surface area contributed by atoms with E-state index < -0.39 is 11.6 Å². The van der Waals surface area contributed by atoms with Crippen molar-refractivity contribution in [3.63, 3.8) is 0 Å². The number of allylic oxidation sites excluding steroid dienone is 3. The molecule has 2 aliphatic heterocycles. The highest BCUT2D eigenvalue weighted by atomic mass is 32.1. The van der Waals surface area contributed by atoms with Crippen LogP contribution in [-0.2, 0) is 6.54 Å². The summed E-state index contributed by atoms with van der Waals surface area (Å²) in [6.45, 7) is 12.4. The molecule has 0 unspecified atom stereocenters. The first-order chi connectivity index (χ1) is 15.9. The second kappa shape index (κ2) is 9.54. The molecule has 6 nitrogen and oxygen atoms in total. The largest absolute Gasteiger partial charge is 0.347 e. The van der Waals surface area contributed by atoms with Crippen LogP contribution in [0, 0.1) is 18.6 Å². The van der Waals surface area contributed by atoms with Crippen molar-refractivity contribution in [2.45, 2.75) is 20.4 Å². The summed E-state index contributed by atoms with van der Waals surface area (Å²) in [5.74, 6) is -2.10. The Labute approximate surface area is 196 Å². The molecular formula is C24H28F2N5OS+. The van der Waals surface area contributed by atoms with Crippen molar-refractivity contribution in [1.29, 1.82) is 0 Å². The Morgan fingerprint density at radius 1 is 1.30 bits per heavy atom. The van der Waals surface area contributed by atoms with Gasteiger partial charge in [-0.1, -0.05) is 48.3 Å². The van der Waals surface area contributed by atoms with Crippen molar-refractivity contribution in [3.05, 3.63) is 82.4 Å². The predicted octanol–water partition coefficient (Wildman–Crippen LogP) is 4.13. The molecule has 0 atom stereocenters. The van der Waals surface area contributed by atoms with Crippen LogP contribution < -0.4 is 10.3 Å². The molecule has 9 heteroatoms. The number of nitrogens with one attached hydrogen (secondary N) is 1. The lowest BCUT2D eigenvalue weighted by Crippen LogP contribution is -2.48. The van der Waals surface area contributed by atoms with E-state index in [9.17, 15) is 13.6 Å². The number of quaternary nitrogens is 1. The molecule has 1 spiro atoms. The maximum Gasteiger partial charge on any atom is 0.263 e.